The van der Waals surface area contributed by atoms with Gasteiger partial charge in [0.15, 0.2) is 0 Å². The van der Waals surface area contributed by atoms with Gasteiger partial charge in [-0.05, 0) is 55.4 Å². The van der Waals surface area contributed by atoms with Gasteiger partial charge in [0, 0.05) is 11.5 Å². The van der Waals surface area contributed by atoms with Gasteiger partial charge in [-0.15, -0.1) is 0 Å². The summed E-state index contributed by atoms with van der Waals surface area (Å²) in [7, 11) is 0. The van der Waals surface area contributed by atoms with Crippen molar-refractivity contribution in [2.24, 2.45) is 22.4 Å². The van der Waals surface area contributed by atoms with Gasteiger partial charge >= 0.3 is 5.97 Å². The van der Waals surface area contributed by atoms with Crippen molar-refractivity contribution < 1.29 is 18.7 Å². The molecule has 0 unspecified atom stereocenters. The number of carbonyl (C=O) groups is 2. The number of nitrogens with one attached hydrogen (secondary N) is 1. The first-order chi connectivity index (χ1) is 14.0. The van der Waals surface area contributed by atoms with Crippen LogP contribution in [0.5, 0.6) is 0 Å². The molecular weight excluding hydrogens is 368 g/mol. The van der Waals surface area contributed by atoms with Gasteiger partial charge in [0.1, 0.15) is 11.5 Å². The van der Waals surface area contributed by atoms with E-state index in [4.69, 9.17) is 9.15 Å². The van der Waals surface area contributed by atoms with Crippen LogP contribution < -0.4 is 5.43 Å². The molecular formula is C23H26N2O4. The number of ether oxygens (including phenoxy) is 1. The molecule has 1 heterocycles. The summed E-state index contributed by atoms with van der Waals surface area (Å²) in [6.07, 6.45) is 6.24. The molecule has 2 aliphatic carbocycles. The minimum atomic E-state index is -0.341. The van der Waals surface area contributed by atoms with Gasteiger partial charge in [0.05, 0.1) is 18.4 Å². The molecule has 0 spiro atoms. The van der Waals surface area contributed by atoms with Crippen molar-refractivity contribution in [3.63, 3.8) is 0 Å². The van der Waals surface area contributed by atoms with E-state index in [0.29, 0.717) is 29.6 Å². The summed E-state index contributed by atoms with van der Waals surface area (Å²) < 4.78 is 10.8. The van der Waals surface area contributed by atoms with Crippen molar-refractivity contribution in [1.29, 1.82) is 0 Å². The van der Waals surface area contributed by atoms with Crippen molar-refractivity contribution in [2.75, 3.05) is 6.61 Å². The Hall–Kier alpha value is -2.89. The molecule has 1 amide bonds. The second kappa shape index (κ2) is 7.85. The number of rotatable bonds is 6. The Labute approximate surface area is 170 Å². The molecule has 3 atom stereocenters. The molecule has 1 N–H and O–H groups in total. The lowest BCUT2D eigenvalue weighted by atomic mass is 9.90. The third kappa shape index (κ3) is 3.84. The highest BCUT2D eigenvalue weighted by molar-refractivity contribution is 5.90. The Bertz CT molecular complexity index is 931. The zero-order valence-corrected chi connectivity index (χ0v) is 16.8. The predicted octanol–water partition coefficient (Wildman–Crippen LogP) is 4.40. The number of fused-ring (bicyclic) bond motifs is 1. The molecule has 0 saturated heterocycles. The lowest BCUT2D eigenvalue weighted by Crippen LogP contribution is -2.22. The summed E-state index contributed by atoms with van der Waals surface area (Å²) in [4.78, 5) is 24.2. The molecule has 29 heavy (non-hydrogen) atoms. The zero-order valence-electron chi connectivity index (χ0n) is 16.8. The second-order valence-corrected chi connectivity index (χ2v) is 8.07. The molecule has 2 fully saturated rings. The van der Waals surface area contributed by atoms with E-state index in [9.17, 15) is 9.59 Å². The first-order valence-corrected chi connectivity index (χ1v) is 10.2. The Morgan fingerprint density at radius 2 is 2.03 bits per heavy atom. The van der Waals surface area contributed by atoms with Gasteiger partial charge in [0.25, 0.3) is 0 Å². The fraction of sp³-hybridized carbons (Fsp3) is 0.435. The molecule has 152 valence electrons. The fourth-order valence-corrected chi connectivity index (χ4v) is 4.64. The van der Waals surface area contributed by atoms with Crippen LogP contribution >= 0.6 is 0 Å². The van der Waals surface area contributed by atoms with Gasteiger partial charge in [-0.2, -0.15) is 5.10 Å². The normalized spacial score (nSPS) is 25.4. The summed E-state index contributed by atoms with van der Waals surface area (Å²) in [5, 5.41) is 4.08. The van der Waals surface area contributed by atoms with Crippen LogP contribution in [0.1, 0.15) is 55.6 Å². The molecule has 2 aromatic rings. The molecule has 0 radical (unpaired) electrons. The molecule has 1 aromatic heterocycles. The van der Waals surface area contributed by atoms with Crippen LogP contribution in [0, 0.1) is 17.3 Å². The highest BCUT2D eigenvalue weighted by Crippen LogP contribution is 2.66. The summed E-state index contributed by atoms with van der Waals surface area (Å²) in [5.74, 6) is 1.48. The van der Waals surface area contributed by atoms with Crippen LogP contribution in [-0.2, 0) is 9.53 Å². The lowest BCUT2D eigenvalue weighted by molar-refractivity contribution is -0.123. The molecule has 4 rings (SSSR count). The van der Waals surface area contributed by atoms with Gasteiger partial charge in [-0.3, -0.25) is 4.79 Å². The van der Waals surface area contributed by atoms with E-state index in [2.05, 4.69) is 17.5 Å². The van der Waals surface area contributed by atoms with Crippen LogP contribution in [0.4, 0.5) is 0 Å². The van der Waals surface area contributed by atoms with Gasteiger partial charge < -0.3 is 9.15 Å². The van der Waals surface area contributed by atoms with E-state index in [1.165, 1.54) is 19.1 Å². The van der Waals surface area contributed by atoms with Crippen molar-refractivity contribution in [2.45, 2.75) is 39.5 Å². The third-order valence-corrected chi connectivity index (χ3v) is 6.29. The Morgan fingerprint density at radius 1 is 1.24 bits per heavy atom. The maximum atomic E-state index is 12.4. The van der Waals surface area contributed by atoms with Gasteiger partial charge in [0.2, 0.25) is 5.91 Å². The Morgan fingerprint density at radius 3 is 2.72 bits per heavy atom. The Balaban J connectivity index is 1.34. The van der Waals surface area contributed by atoms with Crippen LogP contribution in [0.15, 0.2) is 45.9 Å². The Kier molecular flexibility index (Phi) is 5.26. The zero-order chi connectivity index (χ0) is 20.4. The monoisotopic (exact) mass is 394 g/mol. The number of amides is 1. The number of hydrazone groups is 1. The van der Waals surface area contributed by atoms with E-state index in [1.54, 1.807) is 25.1 Å². The van der Waals surface area contributed by atoms with Crippen LogP contribution in [0.3, 0.4) is 0 Å². The first kappa shape index (κ1) is 19.4. The standard InChI is InChI=1S/C23H26N2O4/c1-3-28-22(27)16-9-7-15(8-10-16)19-12-11-17(29-19)14-24-25-21(26)20-18-6-4-5-13-23(18,20)2/h7-12,14,18,20H,3-6,13H2,1-2H3,(H,25,26)/b24-14-/t18-,20+,23+/m1/s1. The average Bonchev–Trinajstić information content (AvgIpc) is 3.09. The van der Waals surface area contributed by atoms with Crippen molar-refractivity contribution >= 4 is 18.1 Å². The summed E-state index contributed by atoms with van der Waals surface area (Å²) >= 11 is 0. The second-order valence-electron chi connectivity index (χ2n) is 8.07. The number of furan rings is 1. The number of benzene rings is 1. The van der Waals surface area contributed by atoms with Gasteiger partial charge in [-0.1, -0.05) is 31.9 Å². The van der Waals surface area contributed by atoms with Crippen LogP contribution in [-0.4, -0.2) is 24.7 Å². The summed E-state index contributed by atoms with van der Waals surface area (Å²) in [6.45, 7) is 4.34. The highest BCUT2D eigenvalue weighted by atomic mass is 16.5. The van der Waals surface area contributed by atoms with Crippen molar-refractivity contribution in [3.8, 4) is 11.3 Å². The first-order valence-electron chi connectivity index (χ1n) is 10.2. The quantitative estimate of drug-likeness (QED) is 0.447. The lowest BCUT2D eigenvalue weighted by Gasteiger charge is -2.15. The van der Waals surface area contributed by atoms with Gasteiger partial charge in [-0.25, -0.2) is 10.2 Å². The number of carbonyl (C=O) groups excluding carboxylic acids is 2. The smallest absolute Gasteiger partial charge is 0.338 e. The van der Waals surface area contributed by atoms with E-state index in [0.717, 1.165) is 18.4 Å². The van der Waals surface area contributed by atoms with Crippen LogP contribution in [0.2, 0.25) is 0 Å². The number of esters is 1. The molecule has 0 aliphatic heterocycles. The van der Waals surface area contributed by atoms with E-state index in [1.807, 2.05) is 18.2 Å². The molecule has 6 heteroatoms. The number of hydrogen-bond donors (Lipinski definition) is 1. The van der Waals surface area contributed by atoms with Crippen molar-refractivity contribution in [1.82, 2.24) is 5.43 Å². The average molecular weight is 394 g/mol. The highest BCUT2D eigenvalue weighted by Gasteiger charge is 2.64. The minimum absolute atomic E-state index is 0.0111. The largest absolute Gasteiger partial charge is 0.462 e. The van der Waals surface area contributed by atoms with E-state index in [-0.39, 0.29) is 23.2 Å². The molecule has 2 saturated carbocycles. The summed E-state index contributed by atoms with van der Waals surface area (Å²) in [6, 6.07) is 10.7. The summed E-state index contributed by atoms with van der Waals surface area (Å²) in [5.41, 5.74) is 4.19. The molecule has 0 bridgehead atoms. The number of hydrogen-bond acceptors (Lipinski definition) is 5. The topological polar surface area (TPSA) is 80.9 Å². The fourth-order valence-electron chi connectivity index (χ4n) is 4.64. The maximum absolute atomic E-state index is 12.4. The van der Waals surface area contributed by atoms with E-state index >= 15 is 0 Å². The van der Waals surface area contributed by atoms with Crippen LogP contribution in [0.25, 0.3) is 11.3 Å². The predicted molar refractivity (Wildman–Crippen MR) is 109 cm³/mol. The molecule has 2 aliphatic rings. The third-order valence-electron chi connectivity index (χ3n) is 6.29. The number of nitrogens with zero attached hydrogens (tertiary/aromatic N) is 1. The van der Waals surface area contributed by atoms with Crippen molar-refractivity contribution in [3.05, 3.63) is 47.7 Å². The minimum Gasteiger partial charge on any atom is -0.462 e. The molecule has 1 aromatic carbocycles. The maximum Gasteiger partial charge on any atom is 0.338 e. The molecule has 6 nitrogen and oxygen atoms in total. The SMILES string of the molecule is CCOC(=O)c1ccc(-c2ccc(/C=N\NC(=O)[C@@H]3[C@H]4CCCC[C@@]43C)o2)cc1. The van der Waals surface area contributed by atoms with E-state index < -0.39 is 0 Å².